The topological polar surface area (TPSA) is 241 Å². The molecule has 0 aliphatic carbocycles. The first-order chi connectivity index (χ1) is 11.4. The average Bonchev–Trinajstić information content (AvgIpc) is 2.25. The van der Waals surface area contributed by atoms with E-state index in [-0.39, 0.29) is 26.2 Å². The van der Waals surface area contributed by atoms with Gasteiger partial charge in [-0.3, -0.25) is 28.8 Å². The Kier molecular flexibility index (Phi) is 91.9. The van der Waals surface area contributed by atoms with Crippen LogP contribution in [0.25, 0.3) is 0 Å². The monoisotopic (exact) mass is 556 g/mol. The fourth-order valence-corrected chi connectivity index (χ4v) is 0. The first-order valence-electron chi connectivity index (χ1n) is 5.77. The number of rotatable bonds is 0. The third kappa shape index (κ3) is 4690. The number of carboxylic acid groups (broad SMARTS) is 6. The van der Waals surface area contributed by atoms with Crippen molar-refractivity contribution < 1.29 is 113 Å². The van der Waals surface area contributed by atoms with Crippen LogP contribution < -0.4 is 0 Å². The molecule has 0 aliphatic rings. The number of carbonyl (C=O) groups is 6. The van der Waals surface area contributed by atoms with Crippen molar-refractivity contribution in [3.8, 4) is 0 Å². The second kappa shape index (κ2) is 49.7. The Labute approximate surface area is 189 Å². The Morgan fingerprint density at radius 1 is 0.407 bits per heavy atom. The Morgan fingerprint density at radius 3 is 0.407 bits per heavy atom. The van der Waals surface area contributed by atoms with E-state index in [0.717, 1.165) is 41.5 Å². The van der Waals surface area contributed by atoms with E-state index in [9.17, 15) is 0 Å². The van der Waals surface area contributed by atoms with E-state index in [1.165, 1.54) is 0 Å². The van der Waals surface area contributed by atoms with Gasteiger partial charge in [-0.05, 0) is 0 Å². The van der Waals surface area contributed by atoms with Crippen molar-refractivity contribution in [3.63, 3.8) is 0 Å². The second-order valence-electron chi connectivity index (χ2n) is 3.11. The number of hydrogen-bond acceptors (Lipinski definition) is 7. The van der Waals surface area contributed by atoms with Gasteiger partial charge in [0.2, 0.25) is 0 Å². The summed E-state index contributed by atoms with van der Waals surface area (Å²) in [4.78, 5) is 54.0. The molecule has 6 N–H and O–H groups in total. The molecule has 0 rings (SSSR count). The van der Waals surface area contributed by atoms with Crippen LogP contribution in [0, 0.1) is 0 Å². The molecule has 0 saturated carbocycles. The smallest absolute Gasteiger partial charge is 0 e. The number of carboxylic acids is 6. The molecule has 0 heterocycles. The molecule has 0 aromatic rings. The fraction of sp³-hybridized carbons (Fsp3) is 0.500. The maximum absolute atomic E-state index is 9.00. The molecule has 15 heteroatoms. The normalized spacial score (nSPS) is 5.67. The van der Waals surface area contributed by atoms with Gasteiger partial charge in [0.05, 0.1) is 0 Å². The summed E-state index contributed by atoms with van der Waals surface area (Å²) in [6.45, 7) is 6.50. The molecule has 0 spiro atoms. The molecule has 0 amide bonds. The van der Waals surface area contributed by atoms with Gasteiger partial charge in [-0.15, -0.1) is 0 Å². The molecule has 0 unspecified atom stereocenters. The average molecular weight is 559 g/mol. The van der Waals surface area contributed by atoms with Gasteiger partial charge in [0.1, 0.15) is 0 Å². The number of hydrogen-bond donors (Lipinski definition) is 6. The maximum atomic E-state index is 9.00. The fourth-order valence-electron chi connectivity index (χ4n) is 0. The van der Waals surface area contributed by atoms with Crippen molar-refractivity contribution >= 4 is 35.8 Å². The number of aliphatic carboxylic acids is 6. The first kappa shape index (κ1) is 49.9. The minimum Gasteiger partial charge on any atom is 0 e. The van der Waals surface area contributed by atoms with Crippen LogP contribution in [0.5, 0.6) is 0 Å². The molecule has 27 heavy (non-hydrogen) atoms. The predicted octanol–water partition coefficient (Wildman–Crippen LogP) is 0.422. The maximum Gasteiger partial charge on any atom is 0 e. The molecule has 0 bridgehead atoms. The van der Waals surface area contributed by atoms with Gasteiger partial charge < -0.3 is 30.6 Å². The standard InChI is InChI=1S/6C2H4O2.O.2Zr/c6*1-2(3)4;;;/h6*1H3,(H,3,4);;;. The van der Waals surface area contributed by atoms with E-state index in [4.69, 9.17) is 62.2 Å². The molecular formula is C12H24O13Zr2. The van der Waals surface area contributed by atoms with Crippen molar-refractivity contribution in [1.29, 1.82) is 0 Å². The Bertz CT molecular complexity index is 280. The zero-order chi connectivity index (χ0) is 23.5. The summed E-state index contributed by atoms with van der Waals surface area (Å²) in [6.07, 6.45) is 0. The van der Waals surface area contributed by atoms with Crippen LogP contribution in [-0.2, 0) is 82.5 Å². The Morgan fingerprint density at radius 2 is 0.407 bits per heavy atom. The molecule has 0 radical (unpaired) electrons. The zero-order valence-electron chi connectivity index (χ0n) is 15.5. The summed E-state index contributed by atoms with van der Waals surface area (Å²) >= 11 is 0.300. The van der Waals surface area contributed by atoms with Crippen LogP contribution >= 0.6 is 0 Å². The van der Waals surface area contributed by atoms with Crippen molar-refractivity contribution in [2.45, 2.75) is 41.5 Å². The van der Waals surface area contributed by atoms with E-state index in [2.05, 4.69) is 0 Å². The van der Waals surface area contributed by atoms with Gasteiger partial charge in [0.15, 0.2) is 0 Å². The van der Waals surface area contributed by atoms with Crippen LogP contribution in [0.2, 0.25) is 0 Å². The molecule has 0 saturated heterocycles. The molecule has 0 aromatic heterocycles. The van der Waals surface area contributed by atoms with Crippen LogP contribution in [0.15, 0.2) is 0 Å². The summed E-state index contributed by atoms with van der Waals surface area (Å²) in [5.41, 5.74) is 0. The molecule has 0 aromatic carbocycles. The largest absolute Gasteiger partial charge is 0 e. The van der Waals surface area contributed by atoms with Gasteiger partial charge >= 0.3 is 27.5 Å². The summed E-state index contributed by atoms with van der Waals surface area (Å²) in [6, 6.07) is 0. The van der Waals surface area contributed by atoms with Crippen molar-refractivity contribution in [3.05, 3.63) is 0 Å². The summed E-state index contributed by atoms with van der Waals surface area (Å²) in [5, 5.41) is 44.5. The van der Waals surface area contributed by atoms with E-state index in [0.29, 0.717) is 24.7 Å². The van der Waals surface area contributed by atoms with Crippen molar-refractivity contribution in [2.24, 2.45) is 0 Å². The third-order valence-corrected chi connectivity index (χ3v) is 0. The van der Waals surface area contributed by atoms with Gasteiger partial charge in [-0.2, -0.15) is 0 Å². The van der Waals surface area contributed by atoms with Gasteiger partial charge in [0, 0.05) is 67.7 Å². The summed E-state index contributed by atoms with van der Waals surface area (Å²) in [7, 11) is 0. The predicted molar refractivity (Wildman–Crippen MR) is 80.5 cm³/mol. The minimum absolute atomic E-state index is 0. The molecule has 0 atom stereocenters. The SMILES string of the molecule is CC(=O)O.CC(=O)O.CC(=O)O.CC(=O)O.CC(=O)O.CC(=O)O.[O]=[Zr].[Zr]. The van der Waals surface area contributed by atoms with Gasteiger partial charge in [0.25, 0.3) is 35.8 Å². The quantitative estimate of drug-likeness (QED) is 0.236. The summed E-state index contributed by atoms with van der Waals surface area (Å²) < 4.78 is 8.34. The molecule has 0 fully saturated rings. The third-order valence-electron chi connectivity index (χ3n) is 0. The second-order valence-corrected chi connectivity index (χ2v) is 3.11. The van der Waals surface area contributed by atoms with E-state index >= 15 is 0 Å². The Balaban J connectivity index is -0.0000000260. The van der Waals surface area contributed by atoms with Crippen LogP contribution in [0.4, 0.5) is 0 Å². The van der Waals surface area contributed by atoms with Crippen LogP contribution in [0.3, 0.4) is 0 Å². The molecular weight excluding hydrogens is 535 g/mol. The first-order valence-corrected chi connectivity index (χ1v) is 6.77. The zero-order valence-corrected chi connectivity index (χ0v) is 20.5. The molecule has 158 valence electrons. The van der Waals surface area contributed by atoms with Crippen LogP contribution in [-0.4, -0.2) is 66.5 Å². The van der Waals surface area contributed by atoms with Crippen molar-refractivity contribution in [2.75, 3.05) is 0 Å². The van der Waals surface area contributed by atoms with Gasteiger partial charge in [-0.25, -0.2) is 0 Å². The van der Waals surface area contributed by atoms with E-state index < -0.39 is 35.8 Å². The minimum atomic E-state index is -0.833. The van der Waals surface area contributed by atoms with Crippen molar-refractivity contribution in [1.82, 2.24) is 0 Å². The summed E-state index contributed by atoms with van der Waals surface area (Å²) in [5.74, 6) is -5.00. The van der Waals surface area contributed by atoms with Gasteiger partial charge in [-0.1, -0.05) is 0 Å². The van der Waals surface area contributed by atoms with E-state index in [1.54, 1.807) is 0 Å². The molecule has 13 nitrogen and oxygen atoms in total. The molecule has 0 aliphatic heterocycles. The Hall–Kier alpha value is -1.61. The van der Waals surface area contributed by atoms with Crippen LogP contribution in [0.1, 0.15) is 41.5 Å². The van der Waals surface area contributed by atoms with E-state index in [1.807, 2.05) is 0 Å².